The van der Waals surface area contributed by atoms with Crippen molar-refractivity contribution in [3.8, 4) is 0 Å². The summed E-state index contributed by atoms with van der Waals surface area (Å²) in [5.74, 6) is -2.73. The summed E-state index contributed by atoms with van der Waals surface area (Å²) in [5.41, 5.74) is 0. The number of hydrogen-bond acceptors (Lipinski definition) is 3. The van der Waals surface area contributed by atoms with Crippen LogP contribution in [0.5, 0.6) is 0 Å². The first-order valence-corrected chi connectivity index (χ1v) is 4.08. The molecule has 1 unspecified atom stereocenters. The van der Waals surface area contributed by atoms with Gasteiger partial charge < -0.3 is 9.84 Å². The molecule has 0 bridgehead atoms. The highest BCUT2D eigenvalue weighted by Crippen LogP contribution is 2.48. The van der Waals surface area contributed by atoms with E-state index in [1.54, 1.807) is 0 Å². The van der Waals surface area contributed by atoms with Crippen molar-refractivity contribution < 1.29 is 27.8 Å². The molecule has 4 nitrogen and oxygen atoms in total. The Bertz CT molecular complexity index is 273. The van der Waals surface area contributed by atoms with Crippen LogP contribution in [0.3, 0.4) is 0 Å². The lowest BCUT2D eigenvalue weighted by Gasteiger charge is -2.18. The van der Waals surface area contributed by atoms with E-state index in [2.05, 4.69) is 5.32 Å². The van der Waals surface area contributed by atoms with E-state index in [9.17, 15) is 18.0 Å². The number of rotatable bonds is 1. The van der Waals surface area contributed by atoms with Crippen molar-refractivity contribution in [3.05, 3.63) is 0 Å². The Morgan fingerprint density at radius 3 is 2.53 bits per heavy atom. The van der Waals surface area contributed by atoms with Crippen LogP contribution in [0.25, 0.3) is 0 Å². The molecular weight excluding hydrogens is 239 g/mol. The largest absolute Gasteiger partial charge is 0.480 e. The van der Waals surface area contributed by atoms with Crippen LogP contribution in [0.2, 0.25) is 0 Å². The summed E-state index contributed by atoms with van der Waals surface area (Å²) >= 11 is 0. The van der Waals surface area contributed by atoms with E-state index >= 15 is 0 Å². The molecule has 2 rings (SSSR count). The summed E-state index contributed by atoms with van der Waals surface area (Å²) in [5, 5.41) is 10.9. The predicted molar refractivity (Wildman–Crippen MR) is 44.9 cm³/mol. The molecule has 8 heteroatoms. The number of ether oxygens (including phenoxy) is 1. The Hall–Kier alpha value is -0.530. The van der Waals surface area contributed by atoms with Crippen LogP contribution in [-0.2, 0) is 9.53 Å². The van der Waals surface area contributed by atoms with Crippen molar-refractivity contribution in [2.75, 3.05) is 6.61 Å². The quantitative estimate of drug-likeness (QED) is 0.705. The summed E-state index contributed by atoms with van der Waals surface area (Å²) in [7, 11) is 0. The molecule has 0 amide bonds. The molecule has 0 aromatic carbocycles. The van der Waals surface area contributed by atoms with Crippen LogP contribution in [0, 0.1) is 5.92 Å². The van der Waals surface area contributed by atoms with E-state index in [0.717, 1.165) is 0 Å². The van der Waals surface area contributed by atoms with Gasteiger partial charge in [-0.3, -0.25) is 10.1 Å². The Morgan fingerprint density at radius 2 is 2.07 bits per heavy atom. The molecule has 15 heavy (non-hydrogen) atoms. The average Bonchev–Trinajstić information content (AvgIpc) is 2.74. The number of alkyl halides is 3. The fraction of sp³-hybridized carbons (Fsp3) is 0.857. The number of hydrogen-bond donors (Lipinski definition) is 2. The molecule has 1 heterocycles. The first-order valence-electron chi connectivity index (χ1n) is 4.08. The molecule has 0 aromatic rings. The lowest BCUT2D eigenvalue weighted by molar-refractivity contribution is -0.156. The molecule has 0 radical (unpaired) electrons. The molecule has 2 N–H and O–H groups in total. The van der Waals surface area contributed by atoms with Crippen LogP contribution in [-0.4, -0.2) is 42.0 Å². The average molecular weight is 248 g/mol. The highest BCUT2D eigenvalue weighted by molar-refractivity contribution is 5.85. The van der Waals surface area contributed by atoms with Gasteiger partial charge in [0.1, 0.15) is 12.0 Å². The fourth-order valence-electron chi connectivity index (χ4n) is 1.71. The Kier molecular flexibility index (Phi) is 3.18. The normalized spacial score (nSPS) is 38.9. The first-order chi connectivity index (χ1) is 6.41. The van der Waals surface area contributed by atoms with Gasteiger partial charge in [-0.25, -0.2) is 0 Å². The van der Waals surface area contributed by atoms with Gasteiger partial charge in [-0.2, -0.15) is 13.2 Å². The van der Waals surface area contributed by atoms with Crippen LogP contribution in [0.1, 0.15) is 0 Å². The maximum Gasteiger partial charge on any atom is 0.395 e. The van der Waals surface area contributed by atoms with Gasteiger partial charge in [0, 0.05) is 6.04 Å². The van der Waals surface area contributed by atoms with Crippen molar-refractivity contribution in [1.29, 1.82) is 0 Å². The molecule has 1 aliphatic heterocycles. The number of carboxylic acid groups (broad SMARTS) is 1. The van der Waals surface area contributed by atoms with Crippen LogP contribution < -0.4 is 5.32 Å². The molecule has 1 saturated heterocycles. The molecule has 0 spiro atoms. The number of fused-ring (bicyclic) bond motifs is 1. The highest BCUT2D eigenvalue weighted by atomic mass is 35.5. The zero-order valence-corrected chi connectivity index (χ0v) is 8.14. The second-order valence-corrected chi connectivity index (χ2v) is 3.45. The van der Waals surface area contributed by atoms with Crippen molar-refractivity contribution in [2.45, 2.75) is 24.4 Å². The van der Waals surface area contributed by atoms with Gasteiger partial charge >= 0.3 is 12.1 Å². The second kappa shape index (κ2) is 3.80. The molecule has 1 aliphatic carbocycles. The van der Waals surface area contributed by atoms with Gasteiger partial charge in [-0.05, 0) is 0 Å². The molecule has 2 fully saturated rings. The predicted octanol–water partition coefficient (Wildman–Crippen LogP) is 0.410. The summed E-state index contributed by atoms with van der Waals surface area (Å²) in [6.07, 6.45) is -5.21. The Labute approximate surface area is 89.2 Å². The van der Waals surface area contributed by atoms with Gasteiger partial charge in [-0.1, -0.05) is 0 Å². The minimum atomic E-state index is -4.31. The third-order valence-electron chi connectivity index (χ3n) is 2.48. The first kappa shape index (κ1) is 12.5. The zero-order valence-electron chi connectivity index (χ0n) is 7.32. The second-order valence-electron chi connectivity index (χ2n) is 3.45. The molecule has 88 valence electrons. The smallest absolute Gasteiger partial charge is 0.395 e. The SMILES string of the molecule is Cl.O=C(O)[C@@H]1CO[C@H]2C(C(F)(F)F)[C@H]2N1. The standard InChI is InChI=1S/C7H8F3NO3.ClH/c8-7(9,10)3-4-5(3)14-1-2(11-4)6(12)13;/h2-5,11H,1H2,(H,12,13);1H/t2-,3?,4+,5-;/m0./s1. The summed E-state index contributed by atoms with van der Waals surface area (Å²) in [4.78, 5) is 10.5. The highest BCUT2D eigenvalue weighted by Gasteiger charge is 2.67. The Balaban J connectivity index is 0.00000112. The topological polar surface area (TPSA) is 58.6 Å². The number of carbonyl (C=O) groups is 1. The number of halogens is 4. The van der Waals surface area contributed by atoms with Gasteiger partial charge in [0.15, 0.2) is 0 Å². The molecule has 0 aromatic heterocycles. The third kappa shape index (κ3) is 2.19. The van der Waals surface area contributed by atoms with Crippen molar-refractivity contribution in [2.24, 2.45) is 5.92 Å². The van der Waals surface area contributed by atoms with Crippen molar-refractivity contribution >= 4 is 18.4 Å². The van der Waals surface area contributed by atoms with E-state index in [0.29, 0.717) is 0 Å². The van der Waals surface area contributed by atoms with Crippen LogP contribution >= 0.6 is 12.4 Å². The van der Waals surface area contributed by atoms with Gasteiger partial charge in [-0.15, -0.1) is 12.4 Å². The molecule has 1 saturated carbocycles. The summed E-state index contributed by atoms with van der Waals surface area (Å²) in [6, 6.07) is -1.91. The van der Waals surface area contributed by atoms with Gasteiger partial charge in [0.25, 0.3) is 0 Å². The lowest BCUT2D eigenvalue weighted by Crippen LogP contribution is -2.46. The number of carboxylic acids is 1. The maximum absolute atomic E-state index is 12.2. The zero-order chi connectivity index (χ0) is 10.5. The number of aliphatic carboxylic acids is 1. The van der Waals surface area contributed by atoms with Crippen molar-refractivity contribution in [1.82, 2.24) is 5.32 Å². The minimum Gasteiger partial charge on any atom is -0.480 e. The molecular formula is C7H9ClF3NO3. The number of morpholine rings is 1. The van der Waals surface area contributed by atoms with E-state index in [1.807, 2.05) is 0 Å². The van der Waals surface area contributed by atoms with Crippen molar-refractivity contribution in [3.63, 3.8) is 0 Å². The lowest BCUT2D eigenvalue weighted by atomic mass is 10.3. The molecule has 2 aliphatic rings. The monoisotopic (exact) mass is 247 g/mol. The van der Waals surface area contributed by atoms with Crippen LogP contribution in [0.4, 0.5) is 13.2 Å². The summed E-state index contributed by atoms with van der Waals surface area (Å²) in [6.45, 7) is -0.205. The van der Waals surface area contributed by atoms with E-state index in [1.165, 1.54) is 0 Å². The Morgan fingerprint density at radius 1 is 1.47 bits per heavy atom. The maximum atomic E-state index is 12.2. The van der Waals surface area contributed by atoms with Crippen LogP contribution in [0.15, 0.2) is 0 Å². The summed E-state index contributed by atoms with van der Waals surface area (Å²) < 4.78 is 41.4. The third-order valence-corrected chi connectivity index (χ3v) is 2.48. The van der Waals surface area contributed by atoms with E-state index < -0.39 is 36.3 Å². The van der Waals surface area contributed by atoms with E-state index in [-0.39, 0.29) is 19.0 Å². The number of nitrogens with one attached hydrogen (secondary N) is 1. The molecule has 4 atom stereocenters. The van der Waals surface area contributed by atoms with Gasteiger partial charge in [0.05, 0.1) is 12.7 Å². The minimum absolute atomic E-state index is 0. The van der Waals surface area contributed by atoms with E-state index in [4.69, 9.17) is 9.84 Å². The fourth-order valence-corrected chi connectivity index (χ4v) is 1.71. The van der Waals surface area contributed by atoms with Gasteiger partial charge in [0.2, 0.25) is 0 Å².